The zero-order chi connectivity index (χ0) is 21.1. The van der Waals surface area contributed by atoms with Crippen LogP contribution in [0.4, 0.5) is 0 Å². The second-order valence-electron chi connectivity index (χ2n) is 7.64. The predicted octanol–water partition coefficient (Wildman–Crippen LogP) is 4.08. The zero-order valence-corrected chi connectivity index (χ0v) is 16.9. The van der Waals surface area contributed by atoms with Crippen LogP contribution in [0.25, 0.3) is 11.1 Å². The van der Waals surface area contributed by atoms with Gasteiger partial charge in [-0.3, -0.25) is 14.6 Å². The number of phenols is 1. The number of ketones is 1. The van der Waals surface area contributed by atoms with Crippen LogP contribution in [0, 0.1) is 5.92 Å². The number of pyridine rings is 1. The Morgan fingerprint density at radius 3 is 2.70 bits per heavy atom. The average Bonchev–Trinajstić information content (AvgIpc) is 3.08. The molecule has 1 aromatic heterocycles. The lowest BCUT2D eigenvalue weighted by atomic mass is 9.98. The largest absolute Gasteiger partial charge is 0.508 e. The number of nitrogens with zero attached hydrogens (tertiary/aromatic N) is 1. The molecule has 0 saturated heterocycles. The third kappa shape index (κ3) is 4.10. The lowest BCUT2D eigenvalue weighted by Crippen LogP contribution is -2.27. The molecule has 5 heteroatoms. The lowest BCUT2D eigenvalue weighted by molar-refractivity contribution is -0.121. The van der Waals surface area contributed by atoms with Gasteiger partial charge in [-0.05, 0) is 59.4 Å². The van der Waals surface area contributed by atoms with Crippen LogP contribution in [0.3, 0.4) is 0 Å². The Morgan fingerprint density at radius 2 is 1.93 bits per heavy atom. The summed E-state index contributed by atoms with van der Waals surface area (Å²) in [6, 6.07) is 17.0. The van der Waals surface area contributed by atoms with Gasteiger partial charge in [0.1, 0.15) is 5.75 Å². The van der Waals surface area contributed by atoms with Crippen LogP contribution in [-0.2, 0) is 24.2 Å². The predicted molar refractivity (Wildman–Crippen MR) is 115 cm³/mol. The minimum atomic E-state index is -0.329. The molecule has 1 unspecified atom stereocenters. The normalized spacial score (nSPS) is 15.1. The van der Waals surface area contributed by atoms with Gasteiger partial charge in [-0.25, -0.2) is 0 Å². The minimum Gasteiger partial charge on any atom is -0.508 e. The third-order valence-electron chi connectivity index (χ3n) is 5.63. The highest BCUT2D eigenvalue weighted by molar-refractivity contribution is 6.04. The topological polar surface area (TPSA) is 79.3 Å². The summed E-state index contributed by atoms with van der Waals surface area (Å²) in [7, 11) is 0. The second-order valence-corrected chi connectivity index (χ2v) is 7.64. The first kappa shape index (κ1) is 19.8. The molecule has 3 aromatic rings. The van der Waals surface area contributed by atoms with E-state index in [0.717, 1.165) is 34.4 Å². The van der Waals surface area contributed by atoms with Gasteiger partial charge < -0.3 is 10.4 Å². The number of nitrogens with one attached hydrogen (secondary N) is 1. The standard InChI is InChI=1S/C25H24N2O3/c1-2-16-11-18(7-9-23(16)28)17-6-8-22-19(12-17)13-20(25(22)30)14-24(29)27-15-21-5-3-4-10-26-21/h3-12,20,28H,2,13-15H2,1H3,(H,27,29). The molecular formula is C25H24N2O3. The van der Waals surface area contributed by atoms with E-state index >= 15 is 0 Å². The van der Waals surface area contributed by atoms with Crippen LogP contribution < -0.4 is 5.32 Å². The number of amides is 1. The molecular weight excluding hydrogens is 376 g/mol. The van der Waals surface area contributed by atoms with E-state index in [1.807, 2.05) is 55.5 Å². The molecule has 5 nitrogen and oxygen atoms in total. The molecule has 4 rings (SSSR count). The summed E-state index contributed by atoms with van der Waals surface area (Å²) < 4.78 is 0. The Balaban J connectivity index is 1.44. The first-order valence-electron chi connectivity index (χ1n) is 10.2. The molecule has 0 saturated carbocycles. The van der Waals surface area contributed by atoms with Gasteiger partial charge in [0.15, 0.2) is 5.78 Å². The lowest BCUT2D eigenvalue weighted by Gasteiger charge is -2.08. The summed E-state index contributed by atoms with van der Waals surface area (Å²) in [6.45, 7) is 2.36. The maximum Gasteiger partial charge on any atom is 0.221 e. The van der Waals surface area contributed by atoms with Gasteiger partial charge in [0.25, 0.3) is 0 Å². The fourth-order valence-electron chi connectivity index (χ4n) is 3.96. The highest BCUT2D eigenvalue weighted by Gasteiger charge is 2.32. The van der Waals surface area contributed by atoms with E-state index in [1.54, 1.807) is 12.3 Å². The van der Waals surface area contributed by atoms with Crippen LogP contribution in [0.15, 0.2) is 60.8 Å². The molecule has 0 radical (unpaired) electrons. The Bertz CT molecular complexity index is 1090. The van der Waals surface area contributed by atoms with Crippen LogP contribution >= 0.6 is 0 Å². The Kier molecular flexibility index (Phi) is 5.61. The SMILES string of the molecule is CCc1cc(-c2ccc3c(c2)CC(CC(=O)NCc2ccccn2)C3=O)ccc1O. The average molecular weight is 400 g/mol. The van der Waals surface area contributed by atoms with Crippen LogP contribution in [0.2, 0.25) is 0 Å². The highest BCUT2D eigenvalue weighted by Crippen LogP contribution is 2.33. The zero-order valence-electron chi connectivity index (χ0n) is 16.9. The van der Waals surface area contributed by atoms with Crippen molar-refractivity contribution in [2.45, 2.75) is 32.7 Å². The van der Waals surface area contributed by atoms with Crippen molar-refractivity contribution >= 4 is 11.7 Å². The van der Waals surface area contributed by atoms with Crippen molar-refractivity contribution in [2.75, 3.05) is 0 Å². The molecule has 0 spiro atoms. The first-order valence-corrected chi connectivity index (χ1v) is 10.2. The fraction of sp³-hybridized carbons (Fsp3) is 0.240. The van der Waals surface area contributed by atoms with Gasteiger partial charge >= 0.3 is 0 Å². The van der Waals surface area contributed by atoms with Crippen LogP contribution in [-0.4, -0.2) is 21.8 Å². The Morgan fingerprint density at radius 1 is 1.13 bits per heavy atom. The number of aryl methyl sites for hydroxylation is 1. The van der Waals surface area contributed by atoms with Crippen molar-refractivity contribution in [3.63, 3.8) is 0 Å². The number of Topliss-reactive ketones (excluding diaryl/α,β-unsaturated/α-hetero) is 1. The highest BCUT2D eigenvalue weighted by atomic mass is 16.3. The van der Waals surface area contributed by atoms with E-state index in [2.05, 4.69) is 10.3 Å². The number of hydrogen-bond acceptors (Lipinski definition) is 4. The maximum absolute atomic E-state index is 12.8. The molecule has 30 heavy (non-hydrogen) atoms. The first-order chi connectivity index (χ1) is 14.5. The van der Waals surface area contributed by atoms with Crippen LogP contribution in [0.1, 0.15) is 40.5 Å². The monoisotopic (exact) mass is 400 g/mol. The van der Waals surface area contributed by atoms with E-state index in [4.69, 9.17) is 0 Å². The van der Waals surface area contributed by atoms with E-state index in [1.165, 1.54) is 0 Å². The van der Waals surface area contributed by atoms with E-state index < -0.39 is 0 Å². The molecule has 2 N–H and O–H groups in total. The number of rotatable bonds is 6. The third-order valence-corrected chi connectivity index (χ3v) is 5.63. The smallest absolute Gasteiger partial charge is 0.221 e. The molecule has 2 aromatic carbocycles. The van der Waals surface area contributed by atoms with Crippen molar-refractivity contribution in [3.05, 3.63) is 83.2 Å². The fourth-order valence-corrected chi connectivity index (χ4v) is 3.96. The number of fused-ring (bicyclic) bond motifs is 1. The van der Waals surface area contributed by atoms with Gasteiger partial charge in [0.2, 0.25) is 5.91 Å². The molecule has 0 bridgehead atoms. The summed E-state index contributed by atoms with van der Waals surface area (Å²) in [5.74, 6) is -0.137. The Hall–Kier alpha value is -3.47. The number of carbonyl (C=O) groups excluding carboxylic acids is 2. The van der Waals surface area contributed by atoms with Crippen molar-refractivity contribution in [3.8, 4) is 16.9 Å². The van der Waals surface area contributed by atoms with Gasteiger partial charge in [0, 0.05) is 24.1 Å². The maximum atomic E-state index is 12.8. The summed E-state index contributed by atoms with van der Waals surface area (Å²) in [5.41, 5.74) is 5.39. The van der Waals surface area contributed by atoms with Gasteiger partial charge in [-0.1, -0.05) is 37.3 Å². The van der Waals surface area contributed by atoms with Gasteiger partial charge in [-0.15, -0.1) is 0 Å². The van der Waals surface area contributed by atoms with Gasteiger partial charge in [0.05, 0.1) is 12.2 Å². The number of aromatic nitrogens is 1. The summed E-state index contributed by atoms with van der Waals surface area (Å²) in [6.07, 6.45) is 3.18. The minimum absolute atomic E-state index is 0.0319. The number of hydrogen-bond donors (Lipinski definition) is 2. The molecule has 1 atom stereocenters. The Labute approximate surface area is 175 Å². The van der Waals surface area contributed by atoms with Crippen molar-refractivity contribution in [1.82, 2.24) is 10.3 Å². The summed E-state index contributed by atoms with van der Waals surface area (Å²) in [5, 5.41) is 12.8. The van der Waals surface area contributed by atoms with E-state index in [-0.39, 0.29) is 24.0 Å². The molecule has 1 aliphatic carbocycles. The second kappa shape index (κ2) is 8.49. The molecule has 152 valence electrons. The van der Waals surface area contributed by atoms with E-state index in [9.17, 15) is 14.7 Å². The van der Waals surface area contributed by atoms with Gasteiger partial charge in [-0.2, -0.15) is 0 Å². The molecule has 0 fully saturated rings. The number of carbonyl (C=O) groups is 2. The molecule has 1 heterocycles. The van der Waals surface area contributed by atoms with Crippen molar-refractivity contribution in [1.29, 1.82) is 0 Å². The van der Waals surface area contributed by atoms with Crippen molar-refractivity contribution in [2.24, 2.45) is 5.92 Å². The number of benzene rings is 2. The quantitative estimate of drug-likeness (QED) is 0.654. The number of phenolic OH excluding ortho intramolecular Hbond substituents is 1. The summed E-state index contributed by atoms with van der Waals surface area (Å²) in [4.78, 5) is 29.3. The molecule has 0 aliphatic heterocycles. The van der Waals surface area contributed by atoms with Crippen LogP contribution in [0.5, 0.6) is 5.75 Å². The molecule has 1 amide bonds. The van der Waals surface area contributed by atoms with E-state index in [0.29, 0.717) is 24.3 Å². The van der Waals surface area contributed by atoms with Crippen molar-refractivity contribution < 1.29 is 14.7 Å². The number of aromatic hydroxyl groups is 1. The molecule has 1 aliphatic rings. The summed E-state index contributed by atoms with van der Waals surface area (Å²) >= 11 is 0.